The van der Waals surface area contributed by atoms with E-state index in [1.54, 1.807) is 6.92 Å². The van der Waals surface area contributed by atoms with Crippen molar-refractivity contribution >= 4 is 0 Å². The van der Waals surface area contributed by atoms with Gasteiger partial charge in [-0.1, -0.05) is 23.4 Å². The summed E-state index contributed by atoms with van der Waals surface area (Å²) in [6.45, 7) is 8.66. The van der Waals surface area contributed by atoms with Crippen molar-refractivity contribution in [3.05, 3.63) is 59.2 Å². The quantitative estimate of drug-likeness (QED) is 0.762. The Morgan fingerprint density at radius 2 is 1.92 bits per heavy atom. The summed E-state index contributed by atoms with van der Waals surface area (Å²) in [5, 5.41) is 22.5. The second-order valence-electron chi connectivity index (χ2n) is 7.04. The van der Waals surface area contributed by atoms with Gasteiger partial charge in [-0.2, -0.15) is 5.10 Å². The fourth-order valence-electron chi connectivity index (χ4n) is 3.45. The highest BCUT2D eigenvalue weighted by molar-refractivity contribution is 5.37. The highest BCUT2D eigenvalue weighted by Crippen LogP contribution is 2.26. The van der Waals surface area contributed by atoms with Crippen molar-refractivity contribution in [2.45, 2.75) is 39.5 Å². The summed E-state index contributed by atoms with van der Waals surface area (Å²) in [4.78, 5) is 2.39. The fourth-order valence-corrected chi connectivity index (χ4v) is 3.45. The van der Waals surface area contributed by atoms with Gasteiger partial charge in [-0.15, -0.1) is 5.10 Å². The molecule has 1 saturated heterocycles. The zero-order chi connectivity index (χ0) is 18.3. The van der Waals surface area contributed by atoms with Crippen LogP contribution in [0.25, 0.3) is 5.69 Å². The number of para-hydroxylation sites is 1. The Morgan fingerprint density at radius 1 is 1.19 bits per heavy atom. The summed E-state index contributed by atoms with van der Waals surface area (Å²) in [6, 6.07) is 10.6. The van der Waals surface area contributed by atoms with E-state index in [9.17, 15) is 5.11 Å². The van der Waals surface area contributed by atoms with E-state index in [-0.39, 0.29) is 0 Å². The molecule has 26 heavy (non-hydrogen) atoms. The lowest BCUT2D eigenvalue weighted by atomic mass is 10.1. The molecule has 0 bridgehead atoms. The van der Waals surface area contributed by atoms with E-state index < -0.39 is 6.10 Å². The first-order valence-electron chi connectivity index (χ1n) is 8.95. The van der Waals surface area contributed by atoms with E-state index in [2.05, 4.69) is 41.2 Å². The van der Waals surface area contributed by atoms with Gasteiger partial charge in [0.1, 0.15) is 5.69 Å². The molecule has 1 aromatic carbocycles. The van der Waals surface area contributed by atoms with Crippen LogP contribution in [0.1, 0.15) is 41.7 Å². The molecule has 1 unspecified atom stereocenters. The largest absolute Gasteiger partial charge is 0.387 e. The molecular weight excluding hydrogens is 328 g/mol. The molecule has 0 saturated carbocycles. The SMILES string of the molecule is Cc1nn(-c2ccccc2)c(C)c1CN1CC(n2cc(C(C)O)nn2)C1. The molecule has 0 amide bonds. The third kappa shape index (κ3) is 3.04. The maximum absolute atomic E-state index is 9.58. The van der Waals surface area contributed by atoms with Gasteiger partial charge in [-0.05, 0) is 32.9 Å². The minimum atomic E-state index is -0.575. The van der Waals surface area contributed by atoms with Crippen molar-refractivity contribution in [3.8, 4) is 5.69 Å². The van der Waals surface area contributed by atoms with Crippen molar-refractivity contribution in [1.82, 2.24) is 29.7 Å². The number of hydrogen-bond donors (Lipinski definition) is 1. The van der Waals surface area contributed by atoms with Crippen LogP contribution >= 0.6 is 0 Å². The van der Waals surface area contributed by atoms with Gasteiger partial charge in [-0.3, -0.25) is 4.90 Å². The van der Waals surface area contributed by atoms with Crippen LogP contribution in [0.4, 0.5) is 0 Å². The van der Waals surface area contributed by atoms with Crippen LogP contribution in [0.3, 0.4) is 0 Å². The maximum atomic E-state index is 9.58. The molecule has 1 N–H and O–H groups in total. The Kier molecular flexibility index (Phi) is 4.34. The van der Waals surface area contributed by atoms with E-state index in [0.717, 1.165) is 31.0 Å². The second-order valence-corrected chi connectivity index (χ2v) is 7.04. The zero-order valence-corrected chi connectivity index (χ0v) is 15.4. The Labute approximate surface area is 152 Å². The number of aromatic nitrogens is 5. The average molecular weight is 352 g/mol. The number of hydrogen-bond acceptors (Lipinski definition) is 5. The second kappa shape index (κ2) is 6.66. The van der Waals surface area contributed by atoms with Crippen LogP contribution < -0.4 is 0 Å². The molecule has 4 rings (SSSR count). The third-order valence-electron chi connectivity index (χ3n) is 5.09. The van der Waals surface area contributed by atoms with Crippen molar-refractivity contribution in [3.63, 3.8) is 0 Å². The van der Waals surface area contributed by atoms with E-state index in [4.69, 9.17) is 5.10 Å². The molecule has 2 aromatic heterocycles. The van der Waals surface area contributed by atoms with Crippen LogP contribution in [-0.2, 0) is 6.54 Å². The highest BCUT2D eigenvalue weighted by atomic mass is 16.3. The Morgan fingerprint density at radius 3 is 2.58 bits per heavy atom. The van der Waals surface area contributed by atoms with Crippen molar-refractivity contribution < 1.29 is 5.11 Å². The Hall–Kier alpha value is -2.51. The van der Waals surface area contributed by atoms with Crippen LogP contribution in [0.15, 0.2) is 36.5 Å². The lowest BCUT2D eigenvalue weighted by molar-refractivity contribution is 0.0891. The molecule has 1 fully saturated rings. The van der Waals surface area contributed by atoms with Crippen molar-refractivity contribution in [2.24, 2.45) is 0 Å². The number of benzene rings is 1. The van der Waals surface area contributed by atoms with Gasteiger partial charge in [-0.25, -0.2) is 9.36 Å². The van der Waals surface area contributed by atoms with E-state index in [0.29, 0.717) is 11.7 Å². The van der Waals surface area contributed by atoms with Gasteiger partial charge in [0.25, 0.3) is 0 Å². The lowest BCUT2D eigenvalue weighted by Crippen LogP contribution is -2.47. The third-order valence-corrected chi connectivity index (χ3v) is 5.09. The Balaban J connectivity index is 1.44. The van der Waals surface area contributed by atoms with E-state index in [1.165, 1.54) is 11.3 Å². The topological polar surface area (TPSA) is 72.0 Å². The number of nitrogens with zero attached hydrogens (tertiary/aromatic N) is 6. The summed E-state index contributed by atoms with van der Waals surface area (Å²) in [7, 11) is 0. The minimum absolute atomic E-state index is 0.319. The molecule has 0 spiro atoms. The van der Waals surface area contributed by atoms with Gasteiger partial charge < -0.3 is 5.11 Å². The lowest BCUT2D eigenvalue weighted by Gasteiger charge is -2.38. The molecule has 7 nitrogen and oxygen atoms in total. The minimum Gasteiger partial charge on any atom is -0.387 e. The summed E-state index contributed by atoms with van der Waals surface area (Å²) in [5.74, 6) is 0. The standard InChI is InChI=1S/C19H24N6O/c1-13-18(14(2)25(21-13)16-7-5-4-6-8-16)11-23-9-17(10-23)24-12-19(15(3)26)20-22-24/h4-8,12,15,17,26H,9-11H2,1-3H3. The number of rotatable bonds is 5. The molecule has 0 aliphatic carbocycles. The van der Waals surface area contributed by atoms with Crippen LogP contribution in [0.2, 0.25) is 0 Å². The summed E-state index contributed by atoms with van der Waals surface area (Å²) in [6.07, 6.45) is 1.27. The maximum Gasteiger partial charge on any atom is 0.111 e. The van der Waals surface area contributed by atoms with Crippen LogP contribution in [0.5, 0.6) is 0 Å². The van der Waals surface area contributed by atoms with Gasteiger partial charge in [0, 0.05) is 30.9 Å². The number of aliphatic hydroxyl groups is 1. The summed E-state index contributed by atoms with van der Waals surface area (Å²) >= 11 is 0. The van der Waals surface area contributed by atoms with Gasteiger partial charge in [0.2, 0.25) is 0 Å². The van der Waals surface area contributed by atoms with Gasteiger partial charge in [0.05, 0.1) is 29.7 Å². The van der Waals surface area contributed by atoms with Crippen molar-refractivity contribution in [2.75, 3.05) is 13.1 Å². The predicted molar refractivity (Wildman–Crippen MR) is 98.0 cm³/mol. The van der Waals surface area contributed by atoms with Crippen LogP contribution in [-0.4, -0.2) is 47.9 Å². The fraction of sp³-hybridized carbons (Fsp3) is 0.421. The van der Waals surface area contributed by atoms with Gasteiger partial charge in [0.15, 0.2) is 0 Å². The molecule has 136 valence electrons. The van der Waals surface area contributed by atoms with Gasteiger partial charge >= 0.3 is 0 Å². The molecule has 3 aromatic rings. The molecule has 3 heterocycles. The number of likely N-dealkylation sites (tertiary alicyclic amines) is 1. The van der Waals surface area contributed by atoms with E-state index in [1.807, 2.05) is 33.8 Å². The predicted octanol–water partition coefficient (Wildman–Crippen LogP) is 2.19. The molecule has 1 aliphatic rings. The molecule has 1 atom stereocenters. The normalized spacial score (nSPS) is 16.6. The summed E-state index contributed by atoms with van der Waals surface area (Å²) < 4.78 is 3.89. The van der Waals surface area contributed by atoms with Crippen LogP contribution in [0, 0.1) is 13.8 Å². The molecule has 7 heteroatoms. The first kappa shape index (κ1) is 16.9. The zero-order valence-electron chi connectivity index (χ0n) is 15.4. The summed E-state index contributed by atoms with van der Waals surface area (Å²) in [5.41, 5.74) is 5.27. The number of aryl methyl sites for hydroxylation is 1. The number of aliphatic hydroxyl groups excluding tert-OH is 1. The first-order valence-corrected chi connectivity index (χ1v) is 8.95. The highest BCUT2D eigenvalue weighted by Gasteiger charge is 2.30. The average Bonchev–Trinajstić information content (AvgIpc) is 3.18. The molecule has 1 aliphatic heterocycles. The van der Waals surface area contributed by atoms with E-state index >= 15 is 0 Å². The first-order chi connectivity index (χ1) is 12.5. The molecular formula is C19H24N6O. The monoisotopic (exact) mass is 352 g/mol. The van der Waals surface area contributed by atoms with Crippen molar-refractivity contribution in [1.29, 1.82) is 0 Å². The Bertz CT molecular complexity index is 892. The molecule has 0 radical (unpaired) electrons. The smallest absolute Gasteiger partial charge is 0.111 e.